The molecule has 0 saturated carbocycles. The maximum atomic E-state index is 10.1. The van der Waals surface area contributed by atoms with Crippen LogP contribution in [0.5, 0.6) is 11.5 Å². The average Bonchev–Trinajstić information content (AvgIpc) is 2.53. The number of phenolic OH excluding ortho intramolecular Hbond substituents is 1. The monoisotopic (exact) mass is 284 g/mol. The van der Waals surface area contributed by atoms with Crippen LogP contribution in [-0.4, -0.2) is 19.3 Å². The summed E-state index contributed by atoms with van der Waals surface area (Å²) in [4.78, 5) is 0. The third-order valence-electron chi connectivity index (χ3n) is 3.29. The van der Waals surface area contributed by atoms with Gasteiger partial charge in [-0.2, -0.15) is 0 Å². The predicted molar refractivity (Wildman–Crippen MR) is 85.4 cm³/mol. The summed E-state index contributed by atoms with van der Waals surface area (Å²) < 4.78 is 10.5. The van der Waals surface area contributed by atoms with Gasteiger partial charge in [-0.25, -0.2) is 0 Å². The fourth-order valence-corrected chi connectivity index (χ4v) is 2.20. The second-order valence-corrected chi connectivity index (χ2v) is 4.64. The van der Waals surface area contributed by atoms with E-state index in [4.69, 9.17) is 9.47 Å². The third kappa shape index (κ3) is 3.37. The Kier molecular flexibility index (Phi) is 4.88. The molecule has 0 spiro atoms. The summed E-state index contributed by atoms with van der Waals surface area (Å²) in [5, 5.41) is 10.1. The Morgan fingerprint density at radius 2 is 1.81 bits per heavy atom. The van der Waals surface area contributed by atoms with Gasteiger partial charge >= 0.3 is 0 Å². The van der Waals surface area contributed by atoms with Crippen molar-refractivity contribution in [2.24, 2.45) is 0 Å². The van der Waals surface area contributed by atoms with E-state index in [1.165, 1.54) is 0 Å². The normalized spacial score (nSPS) is 11.3. The molecule has 0 aliphatic rings. The molecular formula is C18H20O3. The molecular weight excluding hydrogens is 264 g/mol. The number of benzene rings is 2. The topological polar surface area (TPSA) is 38.7 Å². The van der Waals surface area contributed by atoms with Crippen molar-refractivity contribution < 1.29 is 14.6 Å². The second-order valence-electron chi connectivity index (χ2n) is 4.64. The minimum absolute atomic E-state index is 0.207. The molecule has 0 aliphatic heterocycles. The first-order valence-electron chi connectivity index (χ1n) is 6.91. The molecule has 0 bridgehead atoms. The number of phenols is 1. The number of ether oxygens (including phenoxy) is 2. The minimum Gasteiger partial charge on any atom is -0.507 e. The Labute approximate surface area is 125 Å². The maximum Gasteiger partial charge on any atom is 0.127 e. The number of allylic oxidation sites excluding steroid dienone is 1. The molecule has 0 radical (unpaired) electrons. The molecule has 3 heteroatoms. The van der Waals surface area contributed by atoms with E-state index in [1.54, 1.807) is 20.3 Å². The zero-order valence-electron chi connectivity index (χ0n) is 12.6. The SMILES string of the molecule is CC/C=C(/OC)c1ccc(-c2ccc(OC)cc2O)cc1. The molecule has 3 nitrogen and oxygen atoms in total. The van der Waals surface area contributed by atoms with Crippen molar-refractivity contribution in [1.29, 1.82) is 0 Å². The molecule has 21 heavy (non-hydrogen) atoms. The van der Waals surface area contributed by atoms with Gasteiger partial charge in [-0.05, 0) is 30.2 Å². The number of aromatic hydroxyl groups is 1. The number of hydrogen-bond acceptors (Lipinski definition) is 3. The summed E-state index contributed by atoms with van der Waals surface area (Å²) in [6.07, 6.45) is 2.96. The van der Waals surface area contributed by atoms with Crippen LogP contribution in [0, 0.1) is 0 Å². The standard InChI is InChI=1S/C18H20O3/c1-4-5-18(21-3)14-8-6-13(7-9-14)16-11-10-15(20-2)12-17(16)19/h5-12,19H,4H2,1-3H3/b18-5+. The van der Waals surface area contributed by atoms with Gasteiger partial charge in [0.1, 0.15) is 17.3 Å². The predicted octanol–water partition coefficient (Wildman–Crippen LogP) is 4.47. The Bertz CT molecular complexity index is 627. The van der Waals surface area contributed by atoms with Crippen molar-refractivity contribution in [2.75, 3.05) is 14.2 Å². The minimum atomic E-state index is 0.207. The van der Waals surface area contributed by atoms with Crippen LogP contribution in [-0.2, 0) is 4.74 Å². The molecule has 0 fully saturated rings. The van der Waals surface area contributed by atoms with Gasteiger partial charge in [-0.1, -0.05) is 31.2 Å². The molecule has 0 atom stereocenters. The molecule has 0 saturated heterocycles. The zero-order valence-corrected chi connectivity index (χ0v) is 12.6. The fraction of sp³-hybridized carbons (Fsp3) is 0.222. The third-order valence-corrected chi connectivity index (χ3v) is 3.29. The van der Waals surface area contributed by atoms with Crippen molar-refractivity contribution in [3.8, 4) is 22.6 Å². The van der Waals surface area contributed by atoms with Gasteiger partial charge in [-0.3, -0.25) is 0 Å². The highest BCUT2D eigenvalue weighted by atomic mass is 16.5. The van der Waals surface area contributed by atoms with Crippen LogP contribution >= 0.6 is 0 Å². The van der Waals surface area contributed by atoms with E-state index in [9.17, 15) is 5.11 Å². The van der Waals surface area contributed by atoms with Crippen LogP contribution in [0.3, 0.4) is 0 Å². The Morgan fingerprint density at radius 3 is 2.33 bits per heavy atom. The van der Waals surface area contributed by atoms with Crippen molar-refractivity contribution in [1.82, 2.24) is 0 Å². The highest BCUT2D eigenvalue weighted by Crippen LogP contribution is 2.33. The highest BCUT2D eigenvalue weighted by molar-refractivity contribution is 5.73. The lowest BCUT2D eigenvalue weighted by molar-refractivity contribution is 0.369. The first kappa shape index (κ1) is 15.0. The molecule has 2 aromatic rings. The molecule has 2 aromatic carbocycles. The van der Waals surface area contributed by atoms with E-state index in [2.05, 4.69) is 6.92 Å². The first-order valence-corrected chi connectivity index (χ1v) is 6.91. The Balaban J connectivity index is 2.33. The lowest BCUT2D eigenvalue weighted by Gasteiger charge is -2.09. The number of rotatable bonds is 5. The van der Waals surface area contributed by atoms with E-state index in [1.807, 2.05) is 42.5 Å². The van der Waals surface area contributed by atoms with E-state index < -0.39 is 0 Å². The van der Waals surface area contributed by atoms with Crippen molar-refractivity contribution in [2.45, 2.75) is 13.3 Å². The summed E-state index contributed by atoms with van der Waals surface area (Å²) in [5.41, 5.74) is 2.75. The molecule has 0 amide bonds. The summed E-state index contributed by atoms with van der Waals surface area (Å²) in [6, 6.07) is 13.2. The largest absolute Gasteiger partial charge is 0.507 e. The van der Waals surface area contributed by atoms with E-state index in [0.717, 1.165) is 28.9 Å². The lowest BCUT2D eigenvalue weighted by atomic mass is 10.0. The quantitative estimate of drug-likeness (QED) is 0.823. The highest BCUT2D eigenvalue weighted by Gasteiger charge is 2.07. The van der Waals surface area contributed by atoms with Crippen LogP contribution in [0.4, 0.5) is 0 Å². The van der Waals surface area contributed by atoms with Gasteiger partial charge in [0.2, 0.25) is 0 Å². The second kappa shape index (κ2) is 6.84. The van der Waals surface area contributed by atoms with E-state index in [0.29, 0.717) is 5.75 Å². The zero-order chi connectivity index (χ0) is 15.2. The van der Waals surface area contributed by atoms with Crippen molar-refractivity contribution in [3.63, 3.8) is 0 Å². The summed E-state index contributed by atoms with van der Waals surface area (Å²) in [6.45, 7) is 2.07. The van der Waals surface area contributed by atoms with Crippen molar-refractivity contribution >= 4 is 5.76 Å². The van der Waals surface area contributed by atoms with Gasteiger partial charge in [-0.15, -0.1) is 0 Å². The molecule has 1 N–H and O–H groups in total. The van der Waals surface area contributed by atoms with Gasteiger partial charge in [0.15, 0.2) is 0 Å². The van der Waals surface area contributed by atoms with Gasteiger partial charge in [0.05, 0.1) is 14.2 Å². The molecule has 110 valence electrons. The fourth-order valence-electron chi connectivity index (χ4n) is 2.20. The molecule has 2 rings (SSSR count). The van der Waals surface area contributed by atoms with Gasteiger partial charge in [0, 0.05) is 17.2 Å². The van der Waals surface area contributed by atoms with E-state index in [-0.39, 0.29) is 5.75 Å². The van der Waals surface area contributed by atoms with Crippen LogP contribution in [0.25, 0.3) is 16.9 Å². The maximum absolute atomic E-state index is 10.1. The van der Waals surface area contributed by atoms with Crippen LogP contribution in [0.15, 0.2) is 48.5 Å². The smallest absolute Gasteiger partial charge is 0.127 e. The molecule has 0 aliphatic carbocycles. The Hall–Kier alpha value is -2.42. The van der Waals surface area contributed by atoms with Crippen LogP contribution in [0.1, 0.15) is 18.9 Å². The van der Waals surface area contributed by atoms with Crippen molar-refractivity contribution in [3.05, 3.63) is 54.1 Å². The Morgan fingerprint density at radius 1 is 1.10 bits per heavy atom. The lowest BCUT2D eigenvalue weighted by Crippen LogP contribution is -1.88. The van der Waals surface area contributed by atoms with Gasteiger partial charge < -0.3 is 14.6 Å². The molecule has 0 unspecified atom stereocenters. The average molecular weight is 284 g/mol. The molecule has 0 heterocycles. The number of hydrogen-bond donors (Lipinski definition) is 1. The number of methoxy groups -OCH3 is 2. The molecule has 0 aromatic heterocycles. The summed E-state index contributed by atoms with van der Waals surface area (Å²) in [5.74, 6) is 1.71. The van der Waals surface area contributed by atoms with Crippen LogP contribution in [0.2, 0.25) is 0 Å². The summed E-state index contributed by atoms with van der Waals surface area (Å²) >= 11 is 0. The van der Waals surface area contributed by atoms with Crippen LogP contribution < -0.4 is 4.74 Å². The van der Waals surface area contributed by atoms with Gasteiger partial charge in [0.25, 0.3) is 0 Å². The summed E-state index contributed by atoms with van der Waals surface area (Å²) in [7, 11) is 3.25. The van der Waals surface area contributed by atoms with E-state index >= 15 is 0 Å². The first-order chi connectivity index (χ1) is 10.2.